The molecular formula is C16H30N3O3+. The fourth-order valence-corrected chi connectivity index (χ4v) is 4.77. The van der Waals surface area contributed by atoms with Gasteiger partial charge in [0.05, 0.1) is 12.6 Å². The molecule has 2 aliphatic heterocycles. The molecule has 0 aromatic heterocycles. The van der Waals surface area contributed by atoms with Crippen LogP contribution in [0, 0.1) is 11.1 Å². The van der Waals surface area contributed by atoms with Gasteiger partial charge in [0.15, 0.2) is 5.78 Å². The Kier molecular flexibility index (Phi) is 5.14. The lowest BCUT2D eigenvalue weighted by molar-refractivity contribution is -1.07. The number of piperidine rings is 1. The third kappa shape index (κ3) is 3.36. The minimum atomic E-state index is -0.724. The maximum Gasteiger partial charge on any atom is 0.190 e. The Morgan fingerprint density at radius 2 is 2.14 bits per heavy atom. The monoisotopic (exact) mass is 312 g/mol. The number of Topliss-reactive ketones (excluding diaryl/α,β-unsaturated/α-hetero) is 1. The van der Waals surface area contributed by atoms with E-state index < -0.39 is 5.23 Å². The van der Waals surface area contributed by atoms with Gasteiger partial charge in [-0.2, -0.15) is 0 Å². The van der Waals surface area contributed by atoms with Crippen molar-refractivity contribution in [2.24, 2.45) is 5.92 Å². The Balaban J connectivity index is 1.59. The van der Waals surface area contributed by atoms with Crippen LogP contribution in [0.5, 0.6) is 0 Å². The molecule has 0 spiro atoms. The number of hydrogen-bond donors (Lipinski definition) is 3. The van der Waals surface area contributed by atoms with Crippen molar-refractivity contribution >= 4 is 5.78 Å². The number of fused-ring (bicyclic) bond motifs is 1. The Bertz CT molecular complexity index is 404. The van der Waals surface area contributed by atoms with Crippen LogP contribution < -0.4 is 10.1 Å². The van der Waals surface area contributed by atoms with Crippen molar-refractivity contribution in [1.29, 1.82) is 0 Å². The summed E-state index contributed by atoms with van der Waals surface area (Å²) in [5.41, 5.74) is 0. The van der Waals surface area contributed by atoms with Crippen LogP contribution >= 0.6 is 0 Å². The molecular weight excluding hydrogens is 282 g/mol. The van der Waals surface area contributed by atoms with Crippen molar-refractivity contribution in [1.82, 2.24) is 4.90 Å². The summed E-state index contributed by atoms with van der Waals surface area (Å²) >= 11 is 0. The molecule has 2 heterocycles. The van der Waals surface area contributed by atoms with E-state index in [-0.39, 0.29) is 12.0 Å². The summed E-state index contributed by atoms with van der Waals surface area (Å²) in [6, 6.07) is 0.214. The molecule has 0 bridgehead atoms. The van der Waals surface area contributed by atoms with Gasteiger partial charge in [0, 0.05) is 31.7 Å². The fourth-order valence-electron chi connectivity index (χ4n) is 4.77. The molecule has 126 valence electrons. The first-order chi connectivity index (χ1) is 10.6. The van der Waals surface area contributed by atoms with Crippen LogP contribution in [0.25, 0.3) is 0 Å². The number of nitrogens with one attached hydrogen (secondary N) is 2. The molecule has 0 radical (unpaired) electrons. The molecule has 6 unspecified atom stereocenters. The highest BCUT2D eigenvalue weighted by molar-refractivity contribution is 5.82. The van der Waals surface area contributed by atoms with Crippen LogP contribution in [-0.2, 0) is 4.79 Å². The minimum absolute atomic E-state index is 0.0211. The molecule has 0 amide bonds. The zero-order valence-electron chi connectivity index (χ0n) is 13.6. The van der Waals surface area contributed by atoms with Crippen LogP contribution in [0.2, 0.25) is 0 Å². The van der Waals surface area contributed by atoms with Gasteiger partial charge in [-0.15, -0.1) is 0 Å². The maximum atomic E-state index is 12.7. The second kappa shape index (κ2) is 6.93. The number of quaternary nitrogens is 2. The molecule has 3 rings (SSSR count). The highest BCUT2D eigenvalue weighted by Gasteiger charge is 2.44. The first-order valence-electron chi connectivity index (χ1n) is 8.91. The summed E-state index contributed by atoms with van der Waals surface area (Å²) in [6.07, 6.45) is 7.35. The number of hydroxylamine groups is 2. The summed E-state index contributed by atoms with van der Waals surface area (Å²) in [5.74, 6) is 0.285. The van der Waals surface area contributed by atoms with Gasteiger partial charge in [-0.25, -0.2) is 15.3 Å². The summed E-state index contributed by atoms with van der Waals surface area (Å²) in [7, 11) is 0. The fraction of sp³-hybridized carbons (Fsp3) is 0.938. The van der Waals surface area contributed by atoms with Gasteiger partial charge in [0.25, 0.3) is 0 Å². The molecule has 0 aromatic carbocycles. The standard InChI is InChI=1S/C16H29N3O3/c1-12-10-17-8-3-2-7-16(17)18(12)11-15(20)13-5-4-6-14(9-13)19(21)22/h12-14,16,19,21H,2-11H2,1H3/p+1. The Morgan fingerprint density at radius 3 is 2.91 bits per heavy atom. The van der Waals surface area contributed by atoms with E-state index in [0.29, 0.717) is 31.0 Å². The van der Waals surface area contributed by atoms with Crippen molar-refractivity contribution in [2.45, 2.75) is 70.1 Å². The van der Waals surface area contributed by atoms with Crippen molar-refractivity contribution in [2.75, 3.05) is 19.6 Å². The molecule has 6 nitrogen and oxygen atoms in total. The first-order valence-corrected chi connectivity index (χ1v) is 8.91. The smallest absolute Gasteiger partial charge is 0.190 e. The van der Waals surface area contributed by atoms with Crippen LogP contribution in [0.4, 0.5) is 0 Å². The van der Waals surface area contributed by atoms with E-state index in [1.807, 2.05) is 0 Å². The second-order valence-corrected chi connectivity index (χ2v) is 7.52. The van der Waals surface area contributed by atoms with Crippen LogP contribution in [-0.4, -0.2) is 53.8 Å². The van der Waals surface area contributed by atoms with Gasteiger partial charge in [-0.3, -0.25) is 4.79 Å². The van der Waals surface area contributed by atoms with E-state index in [2.05, 4.69) is 11.8 Å². The molecule has 2 saturated heterocycles. The third-order valence-electron chi connectivity index (χ3n) is 6.04. The summed E-state index contributed by atoms with van der Waals surface area (Å²) < 4.78 is 0. The topological polar surface area (TPSA) is 72.5 Å². The number of ketones is 1. The normalized spacial score (nSPS) is 41.1. The summed E-state index contributed by atoms with van der Waals surface area (Å²) in [5, 5.41) is 19.7. The third-order valence-corrected chi connectivity index (χ3v) is 6.04. The zero-order valence-corrected chi connectivity index (χ0v) is 13.6. The van der Waals surface area contributed by atoms with Crippen LogP contribution in [0.15, 0.2) is 0 Å². The van der Waals surface area contributed by atoms with E-state index in [1.54, 1.807) is 0 Å². The highest BCUT2D eigenvalue weighted by atomic mass is 16.8. The van der Waals surface area contributed by atoms with Crippen molar-refractivity contribution in [3.63, 3.8) is 0 Å². The highest BCUT2D eigenvalue weighted by Crippen LogP contribution is 2.24. The molecule has 0 aromatic rings. The van der Waals surface area contributed by atoms with Crippen molar-refractivity contribution in [3.8, 4) is 0 Å². The SMILES string of the molecule is CC1CN2CCCCC2[NH+]1CC(=O)C1CCCC([NH+]([O-])O)C1. The van der Waals surface area contributed by atoms with Gasteiger partial charge < -0.3 is 10.1 Å². The molecule has 6 atom stereocenters. The lowest BCUT2D eigenvalue weighted by Crippen LogP contribution is -3.18. The Labute approximate surface area is 132 Å². The number of carbonyl (C=O) groups excluding carboxylic acids is 1. The van der Waals surface area contributed by atoms with E-state index in [0.717, 1.165) is 25.8 Å². The number of rotatable bonds is 4. The van der Waals surface area contributed by atoms with E-state index in [1.165, 1.54) is 30.7 Å². The quantitative estimate of drug-likeness (QED) is 0.582. The van der Waals surface area contributed by atoms with Crippen LogP contribution in [0.1, 0.15) is 51.9 Å². The molecule has 3 aliphatic rings. The minimum Gasteiger partial charge on any atom is -0.600 e. The number of carbonyl (C=O) groups is 1. The molecule has 3 N–H and O–H groups in total. The molecule has 1 aliphatic carbocycles. The predicted molar refractivity (Wildman–Crippen MR) is 81.4 cm³/mol. The van der Waals surface area contributed by atoms with Gasteiger partial charge in [0.1, 0.15) is 18.8 Å². The van der Waals surface area contributed by atoms with Crippen LogP contribution in [0.3, 0.4) is 0 Å². The second-order valence-electron chi connectivity index (χ2n) is 7.52. The first kappa shape index (κ1) is 16.3. The molecule has 6 heteroatoms. The number of nitrogens with zero attached hydrogens (tertiary/aromatic N) is 1. The average Bonchev–Trinajstić information content (AvgIpc) is 2.83. The van der Waals surface area contributed by atoms with Gasteiger partial charge >= 0.3 is 0 Å². The number of hydrogen-bond acceptors (Lipinski definition) is 4. The average molecular weight is 312 g/mol. The summed E-state index contributed by atoms with van der Waals surface area (Å²) in [6.45, 7) is 5.13. The lowest BCUT2D eigenvalue weighted by atomic mass is 9.83. The van der Waals surface area contributed by atoms with E-state index >= 15 is 0 Å². The van der Waals surface area contributed by atoms with Gasteiger partial charge in [-0.1, -0.05) is 0 Å². The van der Waals surface area contributed by atoms with Crippen molar-refractivity contribution < 1.29 is 20.1 Å². The van der Waals surface area contributed by atoms with Gasteiger partial charge in [-0.05, 0) is 32.6 Å². The summed E-state index contributed by atoms with van der Waals surface area (Å²) in [4.78, 5) is 16.7. The molecule has 1 saturated carbocycles. The molecule has 3 fully saturated rings. The van der Waals surface area contributed by atoms with Crippen molar-refractivity contribution in [3.05, 3.63) is 5.21 Å². The van der Waals surface area contributed by atoms with E-state index in [9.17, 15) is 15.2 Å². The Hall–Kier alpha value is -0.530. The maximum absolute atomic E-state index is 12.7. The lowest BCUT2D eigenvalue weighted by Gasteiger charge is -2.34. The zero-order chi connectivity index (χ0) is 15.7. The predicted octanol–water partition coefficient (Wildman–Crippen LogP) is -1.01. The molecule has 22 heavy (non-hydrogen) atoms. The van der Waals surface area contributed by atoms with Gasteiger partial charge in [0.2, 0.25) is 0 Å². The largest absolute Gasteiger partial charge is 0.600 e. The Morgan fingerprint density at radius 1 is 1.32 bits per heavy atom. The van der Waals surface area contributed by atoms with E-state index in [4.69, 9.17) is 0 Å².